The molecule has 0 saturated heterocycles. The van der Waals surface area contributed by atoms with Gasteiger partial charge in [0.05, 0.1) is 11.5 Å². The number of nitrogens with zero attached hydrogens (tertiary/aromatic N) is 1. The Bertz CT molecular complexity index is 526. The summed E-state index contributed by atoms with van der Waals surface area (Å²) >= 11 is 0. The van der Waals surface area contributed by atoms with Crippen molar-refractivity contribution in [2.75, 3.05) is 0 Å². The topological polar surface area (TPSA) is 66.2 Å². The first-order chi connectivity index (χ1) is 7.59. The molecule has 16 heavy (non-hydrogen) atoms. The van der Waals surface area contributed by atoms with Crippen LogP contribution in [0.5, 0.6) is 0 Å². The molecular formula is C12H10NO3-. The highest BCUT2D eigenvalue weighted by Crippen LogP contribution is 2.24. The number of aromatic carboxylic acids is 1. The van der Waals surface area contributed by atoms with Crippen LogP contribution >= 0.6 is 0 Å². The standard InChI is InChI=1S/C12H11NO3/c1-7-3-5-9(6-4-7)11-10(12(14)15)8(2)16-13-11/h3-6H,1-2H3,(H,14,15)/p-1. The summed E-state index contributed by atoms with van der Waals surface area (Å²) in [5.41, 5.74) is 2.14. The first-order valence-corrected chi connectivity index (χ1v) is 4.84. The maximum atomic E-state index is 10.9. The smallest absolute Gasteiger partial charge is 0.143 e. The van der Waals surface area contributed by atoms with Gasteiger partial charge in [-0.25, -0.2) is 0 Å². The van der Waals surface area contributed by atoms with Crippen molar-refractivity contribution in [3.05, 3.63) is 41.2 Å². The summed E-state index contributed by atoms with van der Waals surface area (Å²) in [6.45, 7) is 3.51. The van der Waals surface area contributed by atoms with Gasteiger partial charge in [-0.15, -0.1) is 0 Å². The third kappa shape index (κ3) is 1.69. The second-order valence-electron chi connectivity index (χ2n) is 3.62. The van der Waals surface area contributed by atoms with Crippen LogP contribution in [-0.2, 0) is 0 Å². The first kappa shape index (κ1) is 10.4. The van der Waals surface area contributed by atoms with Crippen LogP contribution in [0.3, 0.4) is 0 Å². The lowest BCUT2D eigenvalue weighted by molar-refractivity contribution is -0.255. The number of carbonyl (C=O) groups is 1. The SMILES string of the molecule is Cc1ccc(-c2noc(C)c2C(=O)[O-])cc1. The molecule has 1 heterocycles. The largest absolute Gasteiger partial charge is 0.545 e. The van der Waals surface area contributed by atoms with E-state index in [0.29, 0.717) is 11.3 Å². The molecule has 2 rings (SSSR count). The van der Waals surface area contributed by atoms with Crippen LogP contribution in [0.15, 0.2) is 28.8 Å². The van der Waals surface area contributed by atoms with Crippen LogP contribution in [0, 0.1) is 13.8 Å². The summed E-state index contributed by atoms with van der Waals surface area (Å²) in [6, 6.07) is 7.38. The zero-order valence-electron chi connectivity index (χ0n) is 8.98. The minimum absolute atomic E-state index is 0.0175. The van der Waals surface area contributed by atoms with E-state index in [9.17, 15) is 9.90 Å². The number of rotatable bonds is 2. The van der Waals surface area contributed by atoms with Crippen LogP contribution in [0.4, 0.5) is 0 Å². The number of aryl methyl sites for hydroxylation is 2. The highest BCUT2D eigenvalue weighted by molar-refractivity contribution is 5.94. The number of carboxylic acids is 1. The summed E-state index contributed by atoms with van der Waals surface area (Å²) in [7, 11) is 0. The molecule has 1 aromatic heterocycles. The highest BCUT2D eigenvalue weighted by Gasteiger charge is 2.15. The fourth-order valence-electron chi connectivity index (χ4n) is 1.52. The van der Waals surface area contributed by atoms with Crippen LogP contribution in [-0.4, -0.2) is 11.1 Å². The minimum Gasteiger partial charge on any atom is -0.545 e. The van der Waals surface area contributed by atoms with E-state index in [1.807, 2.05) is 19.1 Å². The lowest BCUT2D eigenvalue weighted by atomic mass is 10.1. The fraction of sp³-hybridized carbons (Fsp3) is 0.167. The molecule has 0 aliphatic rings. The Morgan fingerprint density at radius 1 is 1.25 bits per heavy atom. The van der Waals surface area contributed by atoms with Crippen molar-refractivity contribution >= 4 is 5.97 Å². The number of hydrogen-bond acceptors (Lipinski definition) is 4. The average molecular weight is 216 g/mol. The average Bonchev–Trinajstić information content (AvgIpc) is 2.61. The van der Waals surface area contributed by atoms with Gasteiger partial charge in [-0.05, 0) is 13.8 Å². The maximum absolute atomic E-state index is 10.9. The molecule has 0 spiro atoms. The quantitative estimate of drug-likeness (QED) is 0.759. The first-order valence-electron chi connectivity index (χ1n) is 4.84. The number of carbonyl (C=O) groups excluding carboxylic acids is 1. The molecule has 0 saturated carbocycles. The Morgan fingerprint density at radius 2 is 1.88 bits per heavy atom. The van der Waals surface area contributed by atoms with Gasteiger partial charge in [0.25, 0.3) is 0 Å². The molecule has 0 aliphatic carbocycles. The Morgan fingerprint density at radius 3 is 2.44 bits per heavy atom. The lowest BCUT2D eigenvalue weighted by Gasteiger charge is -2.03. The van der Waals surface area contributed by atoms with Gasteiger partial charge >= 0.3 is 0 Å². The molecule has 82 valence electrons. The fourth-order valence-corrected chi connectivity index (χ4v) is 1.52. The van der Waals surface area contributed by atoms with Gasteiger partial charge in [0.15, 0.2) is 0 Å². The third-order valence-corrected chi connectivity index (χ3v) is 2.39. The van der Waals surface area contributed by atoms with Gasteiger partial charge < -0.3 is 14.4 Å². The lowest BCUT2D eigenvalue weighted by Crippen LogP contribution is -2.23. The summed E-state index contributed by atoms with van der Waals surface area (Å²) in [4.78, 5) is 10.9. The van der Waals surface area contributed by atoms with Crippen molar-refractivity contribution in [3.8, 4) is 11.3 Å². The molecule has 4 heteroatoms. The van der Waals surface area contributed by atoms with Gasteiger partial charge in [-0.2, -0.15) is 0 Å². The van der Waals surface area contributed by atoms with Crippen molar-refractivity contribution in [3.63, 3.8) is 0 Å². The summed E-state index contributed by atoms with van der Waals surface area (Å²) in [5.74, 6) is -1.01. The summed E-state index contributed by atoms with van der Waals surface area (Å²) < 4.78 is 4.87. The maximum Gasteiger partial charge on any atom is 0.143 e. The van der Waals surface area contributed by atoms with E-state index in [2.05, 4.69) is 5.16 Å². The molecule has 0 N–H and O–H groups in total. The van der Waals surface area contributed by atoms with Crippen molar-refractivity contribution in [2.24, 2.45) is 0 Å². The number of aromatic nitrogens is 1. The Hall–Kier alpha value is -2.10. The van der Waals surface area contributed by atoms with Gasteiger partial charge in [0, 0.05) is 5.56 Å². The van der Waals surface area contributed by atoms with Crippen molar-refractivity contribution in [1.29, 1.82) is 0 Å². The molecule has 0 atom stereocenters. The van der Waals surface area contributed by atoms with Crippen molar-refractivity contribution in [1.82, 2.24) is 5.16 Å². The number of hydrogen-bond donors (Lipinski definition) is 0. The summed E-state index contributed by atoms with van der Waals surface area (Å²) in [6.07, 6.45) is 0. The zero-order valence-corrected chi connectivity index (χ0v) is 8.98. The van der Waals surface area contributed by atoms with Gasteiger partial charge in [-0.3, -0.25) is 0 Å². The van der Waals surface area contributed by atoms with E-state index in [1.54, 1.807) is 19.1 Å². The predicted octanol–water partition coefficient (Wildman–Crippen LogP) is 1.32. The molecule has 0 bridgehead atoms. The van der Waals surface area contributed by atoms with E-state index in [0.717, 1.165) is 5.56 Å². The molecule has 0 amide bonds. The molecule has 0 radical (unpaired) electrons. The van der Waals surface area contributed by atoms with E-state index < -0.39 is 5.97 Å². The van der Waals surface area contributed by atoms with Crippen molar-refractivity contribution in [2.45, 2.75) is 13.8 Å². The predicted molar refractivity (Wildman–Crippen MR) is 55.7 cm³/mol. The van der Waals surface area contributed by atoms with E-state index in [1.165, 1.54) is 0 Å². The van der Waals surface area contributed by atoms with Crippen molar-refractivity contribution < 1.29 is 14.4 Å². The zero-order chi connectivity index (χ0) is 11.7. The van der Waals surface area contributed by atoms with Crippen LogP contribution < -0.4 is 5.11 Å². The molecule has 0 aliphatic heterocycles. The molecule has 0 unspecified atom stereocenters. The van der Waals surface area contributed by atoms with Crippen LogP contribution in [0.1, 0.15) is 21.7 Å². The monoisotopic (exact) mass is 216 g/mol. The summed E-state index contributed by atoms with van der Waals surface area (Å²) in [5, 5.41) is 14.7. The second-order valence-corrected chi connectivity index (χ2v) is 3.62. The van der Waals surface area contributed by atoms with Crippen LogP contribution in [0.2, 0.25) is 0 Å². The molecule has 4 nitrogen and oxygen atoms in total. The third-order valence-electron chi connectivity index (χ3n) is 2.39. The Labute approximate surface area is 92.5 Å². The van der Waals surface area contributed by atoms with E-state index in [4.69, 9.17) is 4.52 Å². The van der Waals surface area contributed by atoms with E-state index >= 15 is 0 Å². The van der Waals surface area contributed by atoms with Crippen LogP contribution in [0.25, 0.3) is 11.3 Å². The Kier molecular flexibility index (Phi) is 2.48. The normalized spacial score (nSPS) is 10.4. The van der Waals surface area contributed by atoms with Gasteiger partial charge in [0.2, 0.25) is 0 Å². The van der Waals surface area contributed by atoms with E-state index in [-0.39, 0.29) is 11.3 Å². The second kappa shape index (κ2) is 3.81. The highest BCUT2D eigenvalue weighted by atomic mass is 16.5. The molecule has 1 aromatic carbocycles. The Balaban J connectivity index is 2.56. The molecule has 0 fully saturated rings. The molecule has 2 aromatic rings. The van der Waals surface area contributed by atoms with Gasteiger partial charge in [0.1, 0.15) is 11.5 Å². The minimum atomic E-state index is -1.27. The number of carboxylic acid groups (broad SMARTS) is 1. The number of benzene rings is 1. The van der Waals surface area contributed by atoms with Gasteiger partial charge in [-0.1, -0.05) is 35.0 Å². The molecular weight excluding hydrogens is 206 g/mol.